The number of fused-ring (bicyclic) bond motifs is 1. The fourth-order valence-corrected chi connectivity index (χ4v) is 4.18. The summed E-state index contributed by atoms with van der Waals surface area (Å²) in [5, 5.41) is 4.82. The van der Waals surface area contributed by atoms with Crippen molar-refractivity contribution in [1.29, 1.82) is 0 Å². The second kappa shape index (κ2) is 7.11. The third-order valence-electron chi connectivity index (χ3n) is 4.53. The van der Waals surface area contributed by atoms with E-state index in [0.29, 0.717) is 18.8 Å². The zero-order chi connectivity index (χ0) is 18.0. The molecule has 6 nitrogen and oxygen atoms in total. The SMILES string of the molecule is CN(C)S(=O)(=O)C[C@@H]1COC[C@@H]1NC(=O)c1cccc2ccccc12. The Kier molecular flexibility index (Phi) is 5.08. The van der Waals surface area contributed by atoms with E-state index in [9.17, 15) is 13.2 Å². The van der Waals surface area contributed by atoms with Crippen molar-refractivity contribution in [2.45, 2.75) is 6.04 Å². The first kappa shape index (κ1) is 17.8. The summed E-state index contributed by atoms with van der Waals surface area (Å²) >= 11 is 0. The highest BCUT2D eigenvalue weighted by atomic mass is 32.2. The maximum absolute atomic E-state index is 12.7. The van der Waals surface area contributed by atoms with Gasteiger partial charge in [0.25, 0.3) is 5.91 Å². The summed E-state index contributed by atoms with van der Waals surface area (Å²) in [6, 6.07) is 12.9. The van der Waals surface area contributed by atoms with Crippen molar-refractivity contribution in [2.24, 2.45) is 5.92 Å². The molecule has 1 fully saturated rings. The highest BCUT2D eigenvalue weighted by Crippen LogP contribution is 2.21. The van der Waals surface area contributed by atoms with Gasteiger partial charge in [0.05, 0.1) is 25.0 Å². The molecule has 25 heavy (non-hydrogen) atoms. The average molecular weight is 362 g/mol. The lowest BCUT2D eigenvalue weighted by Gasteiger charge is -2.21. The van der Waals surface area contributed by atoms with Gasteiger partial charge in [-0.1, -0.05) is 36.4 Å². The Balaban J connectivity index is 1.78. The van der Waals surface area contributed by atoms with E-state index in [0.717, 1.165) is 10.8 Å². The van der Waals surface area contributed by atoms with Crippen LogP contribution in [-0.4, -0.2) is 57.7 Å². The van der Waals surface area contributed by atoms with Gasteiger partial charge in [-0.25, -0.2) is 12.7 Å². The molecule has 2 aromatic rings. The predicted molar refractivity (Wildman–Crippen MR) is 97.0 cm³/mol. The van der Waals surface area contributed by atoms with Crippen LogP contribution in [0.1, 0.15) is 10.4 Å². The fourth-order valence-electron chi connectivity index (χ4n) is 3.01. The minimum Gasteiger partial charge on any atom is -0.379 e. The van der Waals surface area contributed by atoms with Crippen LogP contribution in [0.15, 0.2) is 42.5 Å². The van der Waals surface area contributed by atoms with Crippen molar-refractivity contribution >= 4 is 26.7 Å². The van der Waals surface area contributed by atoms with Crippen LogP contribution in [0.25, 0.3) is 10.8 Å². The maximum Gasteiger partial charge on any atom is 0.252 e. The normalized spacial score (nSPS) is 20.9. The van der Waals surface area contributed by atoms with Crippen LogP contribution >= 0.6 is 0 Å². The molecule has 134 valence electrons. The van der Waals surface area contributed by atoms with Crippen molar-refractivity contribution in [3.63, 3.8) is 0 Å². The van der Waals surface area contributed by atoms with E-state index in [1.807, 2.05) is 36.4 Å². The molecule has 1 aliphatic rings. The number of nitrogens with zero attached hydrogens (tertiary/aromatic N) is 1. The fraction of sp³-hybridized carbons (Fsp3) is 0.389. The number of ether oxygens (including phenoxy) is 1. The van der Waals surface area contributed by atoms with Crippen LogP contribution in [-0.2, 0) is 14.8 Å². The number of rotatable bonds is 5. The van der Waals surface area contributed by atoms with Gasteiger partial charge < -0.3 is 10.1 Å². The second-order valence-corrected chi connectivity index (χ2v) is 8.69. The number of carbonyl (C=O) groups is 1. The van der Waals surface area contributed by atoms with E-state index in [1.165, 1.54) is 18.4 Å². The minimum atomic E-state index is -3.35. The summed E-state index contributed by atoms with van der Waals surface area (Å²) < 4.78 is 30.9. The number of benzene rings is 2. The van der Waals surface area contributed by atoms with Gasteiger partial charge in [0.2, 0.25) is 10.0 Å². The molecular weight excluding hydrogens is 340 g/mol. The zero-order valence-electron chi connectivity index (χ0n) is 14.3. The van der Waals surface area contributed by atoms with Gasteiger partial charge in [-0.05, 0) is 16.8 Å². The Hall–Kier alpha value is -1.96. The second-order valence-electron chi connectivity index (χ2n) is 6.47. The Morgan fingerprint density at radius 2 is 1.88 bits per heavy atom. The molecule has 0 saturated carbocycles. The van der Waals surface area contributed by atoms with E-state index in [1.54, 1.807) is 6.07 Å². The summed E-state index contributed by atoms with van der Waals surface area (Å²) in [4.78, 5) is 12.7. The van der Waals surface area contributed by atoms with Gasteiger partial charge >= 0.3 is 0 Å². The molecule has 7 heteroatoms. The molecule has 1 amide bonds. The van der Waals surface area contributed by atoms with Crippen LogP contribution < -0.4 is 5.32 Å². The van der Waals surface area contributed by atoms with Crippen molar-refractivity contribution in [3.05, 3.63) is 48.0 Å². The number of amides is 1. The van der Waals surface area contributed by atoms with Gasteiger partial charge in [0, 0.05) is 25.6 Å². The molecular formula is C18H22N2O4S. The summed E-state index contributed by atoms with van der Waals surface area (Å²) in [5.41, 5.74) is 0.583. The molecule has 0 radical (unpaired) electrons. The summed E-state index contributed by atoms with van der Waals surface area (Å²) in [5.74, 6) is -0.508. The number of carbonyl (C=O) groups excluding carboxylic acids is 1. The Bertz CT molecular complexity index is 874. The van der Waals surface area contributed by atoms with Crippen LogP contribution in [0.3, 0.4) is 0 Å². The molecule has 3 rings (SSSR count). The van der Waals surface area contributed by atoms with E-state index in [4.69, 9.17) is 4.74 Å². The van der Waals surface area contributed by atoms with Gasteiger partial charge in [0.15, 0.2) is 0 Å². The highest BCUT2D eigenvalue weighted by molar-refractivity contribution is 7.89. The van der Waals surface area contributed by atoms with E-state index in [2.05, 4.69) is 5.32 Å². The van der Waals surface area contributed by atoms with Crippen LogP contribution in [0.5, 0.6) is 0 Å². The molecule has 1 heterocycles. The molecule has 0 unspecified atom stereocenters. The largest absolute Gasteiger partial charge is 0.379 e. The van der Waals surface area contributed by atoms with E-state index in [-0.39, 0.29) is 23.6 Å². The molecule has 2 atom stereocenters. The molecule has 1 aliphatic heterocycles. The third-order valence-corrected chi connectivity index (χ3v) is 6.49. The summed E-state index contributed by atoms with van der Waals surface area (Å²) in [7, 11) is -0.330. The number of nitrogens with one attached hydrogen (secondary N) is 1. The molecule has 0 bridgehead atoms. The third kappa shape index (κ3) is 3.84. The van der Waals surface area contributed by atoms with Crippen LogP contribution in [0.4, 0.5) is 0 Å². The lowest BCUT2D eigenvalue weighted by atomic mass is 10.0. The number of hydrogen-bond acceptors (Lipinski definition) is 4. The predicted octanol–water partition coefficient (Wildman–Crippen LogP) is 1.48. The van der Waals surface area contributed by atoms with Gasteiger partial charge in [0.1, 0.15) is 0 Å². The minimum absolute atomic E-state index is 0.0412. The summed E-state index contributed by atoms with van der Waals surface area (Å²) in [6.45, 7) is 0.650. The van der Waals surface area contributed by atoms with Crippen LogP contribution in [0, 0.1) is 5.92 Å². The average Bonchev–Trinajstić information content (AvgIpc) is 3.00. The van der Waals surface area contributed by atoms with E-state index >= 15 is 0 Å². The first-order valence-corrected chi connectivity index (χ1v) is 9.76. The Morgan fingerprint density at radius 1 is 1.16 bits per heavy atom. The van der Waals surface area contributed by atoms with Crippen LogP contribution in [0.2, 0.25) is 0 Å². The monoisotopic (exact) mass is 362 g/mol. The summed E-state index contributed by atoms with van der Waals surface area (Å²) in [6.07, 6.45) is 0. The first-order chi connectivity index (χ1) is 11.9. The van der Waals surface area contributed by atoms with Gasteiger partial charge in [-0.2, -0.15) is 0 Å². The lowest BCUT2D eigenvalue weighted by molar-refractivity contribution is 0.0927. The Labute approximate surface area is 147 Å². The lowest BCUT2D eigenvalue weighted by Crippen LogP contribution is -2.43. The topological polar surface area (TPSA) is 75.7 Å². The molecule has 0 aliphatic carbocycles. The molecule has 0 spiro atoms. The van der Waals surface area contributed by atoms with Gasteiger partial charge in [-0.15, -0.1) is 0 Å². The van der Waals surface area contributed by atoms with Gasteiger partial charge in [-0.3, -0.25) is 4.79 Å². The van der Waals surface area contributed by atoms with Crippen molar-refractivity contribution < 1.29 is 17.9 Å². The number of hydrogen-bond donors (Lipinski definition) is 1. The molecule has 1 saturated heterocycles. The molecule has 0 aromatic heterocycles. The smallest absolute Gasteiger partial charge is 0.252 e. The number of sulfonamides is 1. The quantitative estimate of drug-likeness (QED) is 0.874. The van der Waals surface area contributed by atoms with Crippen molar-refractivity contribution in [1.82, 2.24) is 9.62 Å². The maximum atomic E-state index is 12.7. The zero-order valence-corrected chi connectivity index (χ0v) is 15.1. The first-order valence-electron chi connectivity index (χ1n) is 8.15. The Morgan fingerprint density at radius 3 is 2.64 bits per heavy atom. The molecule has 1 N–H and O–H groups in total. The molecule has 2 aromatic carbocycles. The highest BCUT2D eigenvalue weighted by Gasteiger charge is 2.34. The van der Waals surface area contributed by atoms with Crippen molar-refractivity contribution in [3.8, 4) is 0 Å². The standard InChI is InChI=1S/C18H22N2O4S/c1-20(2)25(22,23)12-14-10-24-11-17(14)19-18(21)16-9-5-7-13-6-3-4-8-15(13)16/h3-9,14,17H,10-12H2,1-2H3,(H,19,21)/t14-,17-/m0/s1. The van der Waals surface area contributed by atoms with E-state index < -0.39 is 10.0 Å². The van der Waals surface area contributed by atoms with Crippen molar-refractivity contribution in [2.75, 3.05) is 33.1 Å².